The van der Waals surface area contributed by atoms with Crippen LogP contribution in [0.4, 0.5) is 14.5 Å². The maximum atomic E-state index is 13.3. The van der Waals surface area contributed by atoms with Crippen LogP contribution in [0.1, 0.15) is 5.56 Å². The van der Waals surface area contributed by atoms with Crippen molar-refractivity contribution in [1.82, 2.24) is 0 Å². The van der Waals surface area contributed by atoms with Crippen molar-refractivity contribution in [3.05, 3.63) is 52.0 Å². The Labute approximate surface area is 112 Å². The van der Waals surface area contributed by atoms with Gasteiger partial charge in [0.2, 0.25) is 0 Å². The Morgan fingerprint density at radius 2 is 1.83 bits per heavy atom. The van der Waals surface area contributed by atoms with Crippen molar-refractivity contribution in [3.8, 4) is 11.5 Å². The zero-order valence-corrected chi connectivity index (χ0v) is 11.1. The normalized spacial score (nSPS) is 10.4. The first-order chi connectivity index (χ1) is 8.47. The van der Waals surface area contributed by atoms with E-state index >= 15 is 0 Å². The van der Waals surface area contributed by atoms with E-state index in [4.69, 9.17) is 10.5 Å². The van der Waals surface area contributed by atoms with Gasteiger partial charge in [0.25, 0.3) is 0 Å². The molecule has 0 heterocycles. The molecule has 0 bridgehead atoms. The summed E-state index contributed by atoms with van der Waals surface area (Å²) >= 11 is 3.30. The molecule has 0 fully saturated rings. The second-order valence-electron chi connectivity index (χ2n) is 3.81. The fraction of sp³-hybridized carbons (Fsp3) is 0.0769. The lowest BCUT2D eigenvalue weighted by molar-refractivity contribution is 0.468. The minimum atomic E-state index is -0.836. The molecule has 2 nitrogen and oxygen atoms in total. The Balaban J connectivity index is 2.43. The van der Waals surface area contributed by atoms with Gasteiger partial charge in [-0.1, -0.05) is 22.0 Å². The van der Waals surface area contributed by atoms with E-state index in [1.54, 1.807) is 6.07 Å². The number of rotatable bonds is 2. The lowest BCUT2D eigenvalue weighted by atomic mass is 10.2. The Morgan fingerprint density at radius 3 is 2.56 bits per heavy atom. The highest BCUT2D eigenvalue weighted by Gasteiger charge is 2.11. The van der Waals surface area contributed by atoms with Crippen molar-refractivity contribution >= 4 is 21.6 Å². The highest BCUT2D eigenvalue weighted by atomic mass is 79.9. The van der Waals surface area contributed by atoms with Crippen molar-refractivity contribution in [3.63, 3.8) is 0 Å². The van der Waals surface area contributed by atoms with E-state index in [0.717, 1.165) is 22.2 Å². The third kappa shape index (κ3) is 2.61. The predicted octanol–water partition coefficient (Wildman–Crippen LogP) is 4.41. The van der Waals surface area contributed by atoms with Gasteiger partial charge in [0.1, 0.15) is 17.3 Å². The van der Waals surface area contributed by atoms with Crippen molar-refractivity contribution in [1.29, 1.82) is 0 Å². The van der Waals surface area contributed by atoms with Crippen LogP contribution in [0.25, 0.3) is 0 Å². The molecule has 18 heavy (non-hydrogen) atoms. The number of hydrogen-bond acceptors (Lipinski definition) is 2. The Kier molecular flexibility index (Phi) is 3.52. The van der Waals surface area contributed by atoms with Gasteiger partial charge in [-0.05, 0) is 24.6 Å². The van der Waals surface area contributed by atoms with E-state index in [9.17, 15) is 8.78 Å². The Hall–Kier alpha value is -1.62. The molecule has 0 aliphatic heterocycles. The van der Waals surface area contributed by atoms with Crippen molar-refractivity contribution in [2.75, 3.05) is 5.73 Å². The van der Waals surface area contributed by atoms with Gasteiger partial charge in [-0.3, -0.25) is 0 Å². The molecule has 0 unspecified atom stereocenters. The molecule has 0 aromatic heterocycles. The molecular formula is C13H10BrF2NO. The molecule has 0 saturated carbocycles. The van der Waals surface area contributed by atoms with E-state index in [1.807, 2.05) is 19.1 Å². The molecule has 0 aliphatic rings. The number of nitrogen functional groups attached to an aromatic ring is 1. The van der Waals surface area contributed by atoms with Gasteiger partial charge in [-0.25, -0.2) is 8.78 Å². The summed E-state index contributed by atoms with van der Waals surface area (Å²) in [6.45, 7) is 1.83. The monoisotopic (exact) mass is 313 g/mol. The van der Waals surface area contributed by atoms with Gasteiger partial charge in [0.15, 0.2) is 11.6 Å². The average Bonchev–Trinajstić information content (AvgIpc) is 2.30. The molecule has 0 amide bonds. The second kappa shape index (κ2) is 4.94. The Bertz CT molecular complexity index is 602. The average molecular weight is 314 g/mol. The first kappa shape index (κ1) is 12.8. The molecule has 2 N–H and O–H groups in total. The number of nitrogens with two attached hydrogens (primary N) is 1. The van der Waals surface area contributed by atoms with Crippen molar-refractivity contribution in [2.45, 2.75) is 6.92 Å². The lowest BCUT2D eigenvalue weighted by Crippen LogP contribution is -1.98. The number of ether oxygens (including phenoxy) is 1. The molecule has 2 rings (SSSR count). The van der Waals surface area contributed by atoms with Crippen LogP contribution in [0, 0.1) is 18.6 Å². The Morgan fingerprint density at radius 1 is 1.11 bits per heavy atom. The molecule has 0 atom stereocenters. The number of benzene rings is 2. The van der Waals surface area contributed by atoms with Crippen LogP contribution in [0.5, 0.6) is 11.5 Å². The second-order valence-corrected chi connectivity index (χ2v) is 4.73. The summed E-state index contributed by atoms with van der Waals surface area (Å²) < 4.78 is 32.6. The van der Waals surface area contributed by atoms with Gasteiger partial charge < -0.3 is 10.5 Å². The summed E-state index contributed by atoms with van der Waals surface area (Å²) in [6.07, 6.45) is 0. The molecule has 0 spiro atoms. The smallest absolute Gasteiger partial charge is 0.156 e. The topological polar surface area (TPSA) is 35.2 Å². The first-order valence-electron chi connectivity index (χ1n) is 5.16. The number of anilines is 1. The van der Waals surface area contributed by atoms with Gasteiger partial charge >= 0.3 is 0 Å². The van der Waals surface area contributed by atoms with Gasteiger partial charge in [0.05, 0.1) is 0 Å². The molecule has 5 heteroatoms. The first-order valence-corrected chi connectivity index (χ1v) is 5.95. The molecule has 2 aromatic rings. The maximum absolute atomic E-state index is 13.3. The van der Waals surface area contributed by atoms with Crippen molar-refractivity contribution < 1.29 is 13.5 Å². The number of halogens is 3. The molecular weight excluding hydrogens is 304 g/mol. The van der Waals surface area contributed by atoms with E-state index in [-0.39, 0.29) is 11.4 Å². The van der Waals surface area contributed by atoms with Crippen LogP contribution in [0.3, 0.4) is 0 Å². The van der Waals surface area contributed by atoms with E-state index in [1.165, 1.54) is 0 Å². The summed E-state index contributed by atoms with van der Waals surface area (Å²) in [6, 6.07) is 7.15. The summed E-state index contributed by atoms with van der Waals surface area (Å²) in [5.41, 5.74) is 6.13. The lowest BCUT2D eigenvalue weighted by Gasteiger charge is -2.11. The summed E-state index contributed by atoms with van der Waals surface area (Å²) in [5.74, 6) is -1.11. The highest BCUT2D eigenvalue weighted by molar-refractivity contribution is 9.10. The molecule has 2 aromatic carbocycles. The quantitative estimate of drug-likeness (QED) is 0.833. The summed E-state index contributed by atoms with van der Waals surface area (Å²) in [4.78, 5) is 0. The summed E-state index contributed by atoms with van der Waals surface area (Å²) in [7, 11) is 0. The van der Waals surface area contributed by atoms with Crippen LogP contribution >= 0.6 is 15.9 Å². The number of hydrogen-bond donors (Lipinski definition) is 1. The molecule has 0 saturated heterocycles. The van der Waals surface area contributed by atoms with E-state index in [2.05, 4.69) is 15.9 Å². The zero-order chi connectivity index (χ0) is 13.3. The highest BCUT2D eigenvalue weighted by Crippen LogP contribution is 2.33. The third-order valence-corrected chi connectivity index (χ3v) is 2.92. The van der Waals surface area contributed by atoms with E-state index < -0.39 is 11.6 Å². The maximum Gasteiger partial charge on any atom is 0.156 e. The molecule has 0 radical (unpaired) electrons. The zero-order valence-electron chi connectivity index (χ0n) is 9.51. The van der Waals surface area contributed by atoms with Gasteiger partial charge in [-0.2, -0.15) is 0 Å². The van der Waals surface area contributed by atoms with Crippen LogP contribution < -0.4 is 10.5 Å². The largest absolute Gasteiger partial charge is 0.455 e. The fourth-order valence-electron chi connectivity index (χ4n) is 1.45. The standard InChI is InChI=1S/C13H10BrF2NO/c1-7-2-3-8(14)4-11(7)18-12-6-9(15)5-10(16)13(12)17/h2-6H,17H2,1H3. The minimum absolute atomic E-state index is 0.0336. The summed E-state index contributed by atoms with van der Waals surface area (Å²) in [5, 5.41) is 0. The van der Waals surface area contributed by atoms with Gasteiger partial charge in [0, 0.05) is 16.6 Å². The fourth-order valence-corrected chi connectivity index (χ4v) is 1.79. The van der Waals surface area contributed by atoms with Crippen LogP contribution in [-0.4, -0.2) is 0 Å². The SMILES string of the molecule is Cc1ccc(Br)cc1Oc1cc(F)cc(F)c1N. The third-order valence-electron chi connectivity index (χ3n) is 2.43. The number of aryl methyl sites for hydroxylation is 1. The van der Waals surface area contributed by atoms with Crippen LogP contribution in [0.2, 0.25) is 0 Å². The minimum Gasteiger partial charge on any atom is -0.455 e. The molecule has 94 valence electrons. The van der Waals surface area contributed by atoms with Crippen LogP contribution in [-0.2, 0) is 0 Å². The van der Waals surface area contributed by atoms with E-state index in [0.29, 0.717) is 5.75 Å². The predicted molar refractivity (Wildman–Crippen MR) is 69.7 cm³/mol. The van der Waals surface area contributed by atoms with Crippen molar-refractivity contribution in [2.24, 2.45) is 0 Å². The molecule has 0 aliphatic carbocycles. The van der Waals surface area contributed by atoms with Crippen LogP contribution in [0.15, 0.2) is 34.8 Å². The van der Waals surface area contributed by atoms with Gasteiger partial charge in [-0.15, -0.1) is 0 Å².